The van der Waals surface area contributed by atoms with E-state index in [2.05, 4.69) is 33.2 Å². The molecule has 4 fully saturated rings. The van der Waals surface area contributed by atoms with Gasteiger partial charge in [0.25, 0.3) is 25.0 Å². The van der Waals surface area contributed by atoms with Crippen LogP contribution in [-0.4, -0.2) is 111 Å². The number of carbonyl (C=O) groups is 3. The van der Waals surface area contributed by atoms with Crippen LogP contribution in [-0.2, 0) is 14.4 Å². The summed E-state index contributed by atoms with van der Waals surface area (Å²) in [6.45, 7) is 3.60. The Balaban J connectivity index is 0.000000462. The van der Waals surface area contributed by atoms with Gasteiger partial charge in [0.15, 0.2) is 0 Å². The third-order valence-corrected chi connectivity index (χ3v) is 8.81. The number of rotatable bonds is 4. The summed E-state index contributed by atoms with van der Waals surface area (Å²) in [7, 11) is 2.16. The lowest BCUT2D eigenvalue weighted by Gasteiger charge is -2.60. The maximum Gasteiger partial charge on any atom is 0.290 e. The number of fused-ring (bicyclic) bond motifs is 3. The molecule has 2 aliphatic carbocycles. The molecule has 15 heteroatoms. The summed E-state index contributed by atoms with van der Waals surface area (Å²) in [5, 5.41) is 36.4. The number of benzene rings is 1. The lowest BCUT2D eigenvalue weighted by Crippen LogP contribution is -2.71. The van der Waals surface area contributed by atoms with E-state index >= 15 is 0 Å². The molecule has 14 nitrogen and oxygen atoms in total. The van der Waals surface area contributed by atoms with Gasteiger partial charge in [0, 0.05) is 60.9 Å². The van der Waals surface area contributed by atoms with Gasteiger partial charge in [-0.15, -0.1) is 0 Å². The summed E-state index contributed by atoms with van der Waals surface area (Å²) in [5.74, 6) is 0.440. The minimum atomic E-state index is -0.764. The van der Waals surface area contributed by atoms with Crippen molar-refractivity contribution in [1.29, 1.82) is 0 Å². The van der Waals surface area contributed by atoms with E-state index in [1.54, 1.807) is 6.20 Å². The van der Waals surface area contributed by atoms with E-state index in [-0.39, 0.29) is 43.2 Å². The number of nitrogens with zero attached hydrogens (tertiary/aromatic N) is 5. The Labute approximate surface area is 258 Å². The topological polar surface area (TPSA) is 198 Å². The van der Waals surface area contributed by atoms with Crippen LogP contribution in [0.3, 0.4) is 0 Å². The molecule has 2 saturated carbocycles. The second-order valence-electron chi connectivity index (χ2n) is 12.1. The maximum atomic E-state index is 14.0. The molecule has 4 heterocycles. The van der Waals surface area contributed by atoms with Crippen molar-refractivity contribution in [3.8, 4) is 0 Å². The number of nitrogens with one attached hydrogen (secondary N) is 1. The number of halogens is 1. The Morgan fingerprint density at radius 3 is 2.09 bits per heavy atom. The summed E-state index contributed by atoms with van der Waals surface area (Å²) in [5.41, 5.74) is 2.10. The predicted octanol–water partition coefficient (Wildman–Crippen LogP) is 2.19. The van der Waals surface area contributed by atoms with Crippen molar-refractivity contribution in [3.05, 3.63) is 34.7 Å². The third kappa shape index (κ3) is 7.31. The number of aliphatic hydroxyl groups excluding tert-OH is 1. The second-order valence-corrected chi connectivity index (χ2v) is 12.1. The van der Waals surface area contributed by atoms with Crippen LogP contribution in [0.5, 0.6) is 0 Å². The van der Waals surface area contributed by atoms with Crippen molar-refractivity contribution in [1.82, 2.24) is 19.4 Å². The molecular weight excluding hydrogens is 591 g/mol. The van der Waals surface area contributed by atoms with Crippen molar-refractivity contribution >= 4 is 52.9 Å². The molecule has 45 heavy (non-hydrogen) atoms. The number of anilines is 2. The van der Waals surface area contributed by atoms with Crippen LogP contribution in [0.15, 0.2) is 29.2 Å². The molecular formula is C30H39FN6O8. The number of pyridine rings is 1. The SMILES string of the molecule is CN1CC2(C1)CN(c1ccc3c(c1)c(=O)n(C1CCC(O)CC1)c1nc(NC4CC(F)C4)ncc31)C2.O=CO.O=CO.O=CO. The van der Waals surface area contributed by atoms with Crippen molar-refractivity contribution in [2.24, 2.45) is 5.41 Å². The first-order valence-corrected chi connectivity index (χ1v) is 14.7. The van der Waals surface area contributed by atoms with E-state index < -0.39 is 6.17 Å². The standard InChI is InChI=1S/C27H33FN6O2.3CH2O2/c1-32-12-27(13-32)14-33(15-27)19-4-7-21-22(10-19)25(36)34(18-2-5-20(35)6-3-18)24-23(21)11-29-26(31-24)30-17-8-16(28)9-17;3*2-1-3/h4,7,10-11,16-18,20,35H,2-3,5-6,8-9,12-15H2,1H3,(H,29,30,31);3*1H,(H,2,3). The van der Waals surface area contributed by atoms with Crippen LogP contribution in [0.2, 0.25) is 0 Å². The Bertz CT molecular complexity index is 1530. The van der Waals surface area contributed by atoms with Crippen molar-refractivity contribution < 1.29 is 39.2 Å². The highest BCUT2D eigenvalue weighted by Gasteiger charge is 2.50. The average molecular weight is 631 g/mol. The van der Waals surface area contributed by atoms with E-state index in [0.717, 1.165) is 55.5 Å². The Hall–Kier alpha value is -4.37. The maximum absolute atomic E-state index is 14.0. The number of hydrogen-bond donors (Lipinski definition) is 5. The minimum Gasteiger partial charge on any atom is -0.483 e. The highest BCUT2D eigenvalue weighted by atomic mass is 19.1. The number of aromatic nitrogens is 3. The van der Waals surface area contributed by atoms with E-state index in [0.29, 0.717) is 48.1 Å². The van der Waals surface area contributed by atoms with Gasteiger partial charge < -0.3 is 35.5 Å². The summed E-state index contributed by atoms with van der Waals surface area (Å²) in [4.78, 5) is 53.2. The normalized spacial score (nSPS) is 24.6. The highest BCUT2D eigenvalue weighted by molar-refractivity contribution is 6.05. The van der Waals surface area contributed by atoms with E-state index in [4.69, 9.17) is 34.7 Å². The van der Waals surface area contributed by atoms with Gasteiger partial charge in [0.2, 0.25) is 5.95 Å². The van der Waals surface area contributed by atoms with Gasteiger partial charge in [-0.05, 0) is 63.1 Å². The molecule has 0 bridgehead atoms. The van der Waals surface area contributed by atoms with Crippen LogP contribution >= 0.6 is 0 Å². The third-order valence-electron chi connectivity index (χ3n) is 8.81. The van der Waals surface area contributed by atoms with E-state index in [1.807, 2.05) is 16.7 Å². The van der Waals surface area contributed by atoms with E-state index in [9.17, 15) is 14.3 Å². The van der Waals surface area contributed by atoms with Gasteiger partial charge in [-0.1, -0.05) is 6.07 Å². The number of hydrogen-bond acceptors (Lipinski definition) is 10. The molecule has 4 aliphatic rings. The Morgan fingerprint density at radius 2 is 1.53 bits per heavy atom. The lowest BCUT2D eigenvalue weighted by atomic mass is 9.73. The fraction of sp³-hybridized carbons (Fsp3) is 0.533. The molecule has 0 amide bonds. The number of alkyl halides is 1. The van der Waals surface area contributed by atoms with Crippen LogP contribution in [0, 0.1) is 5.41 Å². The van der Waals surface area contributed by atoms with Gasteiger partial charge in [-0.25, -0.2) is 9.37 Å². The zero-order valence-electron chi connectivity index (χ0n) is 25.0. The van der Waals surface area contributed by atoms with Crippen LogP contribution in [0.4, 0.5) is 16.0 Å². The first-order chi connectivity index (χ1) is 21.6. The van der Waals surface area contributed by atoms with Gasteiger partial charge >= 0.3 is 0 Å². The van der Waals surface area contributed by atoms with Crippen LogP contribution in [0.1, 0.15) is 44.6 Å². The molecule has 0 atom stereocenters. The quantitative estimate of drug-likeness (QED) is 0.208. The van der Waals surface area contributed by atoms with Gasteiger partial charge in [-0.2, -0.15) is 4.98 Å². The second kappa shape index (κ2) is 14.6. The van der Waals surface area contributed by atoms with Crippen molar-refractivity contribution in [2.75, 3.05) is 43.4 Å². The Kier molecular flexibility index (Phi) is 10.9. The highest BCUT2D eigenvalue weighted by Crippen LogP contribution is 2.42. The number of aliphatic hydroxyl groups is 1. The first-order valence-electron chi connectivity index (χ1n) is 14.7. The van der Waals surface area contributed by atoms with Crippen molar-refractivity contribution in [3.63, 3.8) is 0 Å². The molecule has 0 unspecified atom stereocenters. The fourth-order valence-corrected chi connectivity index (χ4v) is 6.93. The Morgan fingerprint density at radius 1 is 0.933 bits per heavy atom. The average Bonchev–Trinajstić information content (AvgIpc) is 2.95. The minimum absolute atomic E-state index is 0.0177. The fourth-order valence-electron chi connectivity index (χ4n) is 6.93. The molecule has 5 N–H and O–H groups in total. The zero-order chi connectivity index (χ0) is 32.7. The van der Waals surface area contributed by atoms with Gasteiger partial charge in [0.05, 0.1) is 11.5 Å². The number of carboxylic acid groups (broad SMARTS) is 3. The molecule has 2 saturated heterocycles. The molecule has 0 radical (unpaired) electrons. The predicted molar refractivity (Wildman–Crippen MR) is 165 cm³/mol. The molecule has 1 aromatic carbocycles. The van der Waals surface area contributed by atoms with Crippen molar-refractivity contribution in [2.45, 2.75) is 62.9 Å². The summed E-state index contributed by atoms with van der Waals surface area (Å²) < 4.78 is 15.2. The molecule has 3 aromatic rings. The van der Waals surface area contributed by atoms with Gasteiger partial charge in [0.1, 0.15) is 11.8 Å². The monoisotopic (exact) mass is 630 g/mol. The molecule has 2 aliphatic heterocycles. The van der Waals surface area contributed by atoms with Crippen LogP contribution in [0.25, 0.3) is 21.8 Å². The molecule has 244 valence electrons. The number of likely N-dealkylation sites (tertiary alicyclic amines) is 1. The van der Waals surface area contributed by atoms with E-state index in [1.165, 1.54) is 0 Å². The molecule has 2 aromatic heterocycles. The lowest BCUT2D eigenvalue weighted by molar-refractivity contribution is -0.123. The molecule has 7 rings (SSSR count). The summed E-state index contributed by atoms with van der Waals surface area (Å²) in [6.07, 6.45) is 4.48. The summed E-state index contributed by atoms with van der Waals surface area (Å²) >= 11 is 0. The smallest absolute Gasteiger partial charge is 0.290 e. The first kappa shape index (κ1) is 33.5. The molecule has 1 spiro atoms. The zero-order valence-corrected chi connectivity index (χ0v) is 25.0. The largest absolute Gasteiger partial charge is 0.483 e. The van der Waals surface area contributed by atoms with Crippen LogP contribution < -0.4 is 15.8 Å². The summed E-state index contributed by atoms with van der Waals surface area (Å²) in [6, 6.07) is 6.20. The van der Waals surface area contributed by atoms with Gasteiger partial charge in [-0.3, -0.25) is 23.7 Å².